The molecule has 0 aliphatic heterocycles. The van der Waals surface area contributed by atoms with Gasteiger partial charge in [-0.05, 0) is 42.8 Å². The second-order valence-corrected chi connectivity index (χ2v) is 9.82. The van der Waals surface area contributed by atoms with Crippen molar-refractivity contribution in [1.82, 2.24) is 15.2 Å². The second kappa shape index (κ2) is 9.59. The number of anilines is 1. The summed E-state index contributed by atoms with van der Waals surface area (Å²) in [7, 11) is -2.37. The van der Waals surface area contributed by atoms with Crippen molar-refractivity contribution >= 4 is 44.1 Å². The first-order chi connectivity index (χ1) is 16.6. The number of carbonyl (C=O) groups is 1. The highest BCUT2D eigenvalue weighted by Gasteiger charge is 2.27. The summed E-state index contributed by atoms with van der Waals surface area (Å²) in [4.78, 5) is 17.4. The minimum atomic E-state index is -3.87. The molecule has 0 spiro atoms. The van der Waals surface area contributed by atoms with Crippen molar-refractivity contribution < 1.29 is 26.7 Å². The van der Waals surface area contributed by atoms with Crippen molar-refractivity contribution in [2.45, 2.75) is 13.3 Å². The van der Waals surface area contributed by atoms with Crippen LogP contribution in [0.3, 0.4) is 0 Å². The molecule has 0 unspecified atom stereocenters. The number of nitrogens with one attached hydrogen (secondary N) is 2. The third-order valence-electron chi connectivity index (χ3n) is 5.18. The Bertz CT molecular complexity index is 1560. The van der Waals surface area contributed by atoms with Crippen LogP contribution in [0.4, 0.5) is 14.5 Å². The van der Waals surface area contributed by atoms with E-state index in [0.29, 0.717) is 21.9 Å². The molecule has 4 rings (SSSR count). The van der Waals surface area contributed by atoms with Gasteiger partial charge in [-0.2, -0.15) is 5.10 Å². The molecule has 0 aliphatic carbocycles. The molecule has 2 N–H and O–H groups in total. The summed E-state index contributed by atoms with van der Waals surface area (Å²) in [6.07, 6.45) is 1.80. The number of aromatic nitrogens is 3. The lowest BCUT2D eigenvalue weighted by Crippen LogP contribution is -2.18. The lowest BCUT2D eigenvalue weighted by Gasteiger charge is -2.11. The number of hydrogen-bond donors (Lipinski definition) is 2. The minimum Gasteiger partial charge on any atom is -0.497 e. The summed E-state index contributed by atoms with van der Waals surface area (Å²) in [5, 5.41) is 7.05. The Morgan fingerprint density at radius 3 is 2.66 bits per heavy atom. The lowest BCUT2D eigenvalue weighted by molar-refractivity contribution is 0.102. The normalized spacial score (nSPS) is 11.6. The molecule has 0 saturated carbocycles. The molecule has 0 atom stereocenters. The van der Waals surface area contributed by atoms with Crippen LogP contribution >= 0.6 is 11.6 Å². The SMILES string of the molecule is CCCS(=O)(=O)Nc1ccc(F)c(C(=O)c2n[nH]c3ncc(-c4ccc(OC)cc4Cl)cc23)c1F. The van der Waals surface area contributed by atoms with Crippen LogP contribution in [-0.2, 0) is 10.0 Å². The van der Waals surface area contributed by atoms with Gasteiger partial charge in [-0.25, -0.2) is 22.2 Å². The largest absolute Gasteiger partial charge is 0.497 e. The Kier molecular flexibility index (Phi) is 6.73. The summed E-state index contributed by atoms with van der Waals surface area (Å²) < 4.78 is 61.1. The second-order valence-electron chi connectivity index (χ2n) is 7.57. The molecular weight excluding hydrogens is 502 g/mol. The van der Waals surface area contributed by atoms with Gasteiger partial charge in [-0.15, -0.1) is 0 Å². The third kappa shape index (κ3) is 4.82. The van der Waals surface area contributed by atoms with Crippen molar-refractivity contribution in [1.29, 1.82) is 0 Å². The number of aromatic amines is 1. The predicted molar refractivity (Wildman–Crippen MR) is 128 cm³/mol. The fraction of sp³-hybridized carbons (Fsp3) is 0.174. The van der Waals surface area contributed by atoms with Crippen LogP contribution in [0.2, 0.25) is 5.02 Å². The smallest absolute Gasteiger partial charge is 0.232 e. The van der Waals surface area contributed by atoms with Crippen LogP contribution in [0.5, 0.6) is 5.75 Å². The first-order valence-electron chi connectivity index (χ1n) is 10.4. The molecule has 0 fully saturated rings. The van der Waals surface area contributed by atoms with Gasteiger partial charge in [0.15, 0.2) is 11.5 Å². The topological polar surface area (TPSA) is 114 Å². The molecule has 0 bridgehead atoms. The maximum atomic E-state index is 15.1. The highest BCUT2D eigenvalue weighted by molar-refractivity contribution is 7.92. The summed E-state index contributed by atoms with van der Waals surface area (Å²) in [5.74, 6) is -3.30. The molecule has 2 heterocycles. The molecule has 0 aliphatic rings. The number of methoxy groups -OCH3 is 1. The van der Waals surface area contributed by atoms with Crippen LogP contribution in [0.15, 0.2) is 42.6 Å². The van der Waals surface area contributed by atoms with Crippen LogP contribution in [0, 0.1) is 11.6 Å². The van der Waals surface area contributed by atoms with E-state index in [1.54, 1.807) is 31.2 Å². The van der Waals surface area contributed by atoms with Gasteiger partial charge < -0.3 is 4.74 Å². The lowest BCUT2D eigenvalue weighted by atomic mass is 10.0. The number of pyridine rings is 1. The minimum absolute atomic E-state index is 0.204. The van der Waals surface area contributed by atoms with Gasteiger partial charge >= 0.3 is 0 Å². The molecule has 182 valence electrons. The zero-order valence-electron chi connectivity index (χ0n) is 18.5. The van der Waals surface area contributed by atoms with Crippen molar-refractivity contribution in [2.24, 2.45) is 0 Å². The maximum Gasteiger partial charge on any atom is 0.232 e. The molecule has 12 heteroatoms. The number of halogens is 3. The summed E-state index contributed by atoms with van der Waals surface area (Å²) in [5.41, 5.74) is -0.434. The number of H-pyrrole nitrogens is 1. The Morgan fingerprint density at radius 1 is 1.20 bits per heavy atom. The molecule has 35 heavy (non-hydrogen) atoms. The van der Waals surface area contributed by atoms with Crippen molar-refractivity contribution in [3.05, 3.63) is 70.5 Å². The van der Waals surface area contributed by atoms with Gasteiger partial charge in [-0.3, -0.25) is 14.6 Å². The summed E-state index contributed by atoms with van der Waals surface area (Å²) >= 11 is 6.35. The third-order valence-corrected chi connectivity index (χ3v) is 6.96. The number of carbonyl (C=O) groups excluding carboxylic acids is 1. The highest BCUT2D eigenvalue weighted by atomic mass is 35.5. The molecule has 4 aromatic rings. The molecule has 0 amide bonds. The fourth-order valence-corrected chi connectivity index (χ4v) is 4.94. The average molecular weight is 521 g/mol. The van der Waals surface area contributed by atoms with Crippen LogP contribution < -0.4 is 9.46 Å². The fourth-order valence-electron chi connectivity index (χ4n) is 3.53. The van der Waals surface area contributed by atoms with E-state index in [-0.39, 0.29) is 28.9 Å². The molecule has 2 aromatic heterocycles. The van der Waals surface area contributed by atoms with Gasteiger partial charge in [0.25, 0.3) is 0 Å². The summed E-state index contributed by atoms with van der Waals surface area (Å²) in [6.45, 7) is 1.64. The quantitative estimate of drug-likeness (QED) is 0.318. The van der Waals surface area contributed by atoms with Gasteiger partial charge in [0, 0.05) is 17.3 Å². The van der Waals surface area contributed by atoms with E-state index < -0.39 is 38.7 Å². The van der Waals surface area contributed by atoms with E-state index in [1.807, 2.05) is 0 Å². The number of sulfonamides is 1. The Hall–Kier alpha value is -3.57. The zero-order chi connectivity index (χ0) is 25.3. The standard InChI is InChI=1S/C23H19ClF2N4O4S/c1-3-8-35(32,33)30-18-7-6-17(25)19(20(18)26)22(31)21-15-9-12(11-27-23(15)29-28-21)14-5-4-13(34-2)10-16(14)24/h4-7,9-11,30H,3,8H2,1-2H3,(H,27,28,29). The van der Waals surface area contributed by atoms with E-state index in [9.17, 15) is 17.6 Å². The monoisotopic (exact) mass is 520 g/mol. The number of rotatable bonds is 8. The highest BCUT2D eigenvalue weighted by Crippen LogP contribution is 2.33. The van der Waals surface area contributed by atoms with E-state index in [0.717, 1.165) is 12.1 Å². The summed E-state index contributed by atoms with van der Waals surface area (Å²) in [6, 6.07) is 8.31. The molecular formula is C23H19ClF2N4O4S. The van der Waals surface area contributed by atoms with Crippen LogP contribution in [0.1, 0.15) is 29.4 Å². The van der Waals surface area contributed by atoms with Gasteiger partial charge in [0.1, 0.15) is 17.3 Å². The number of benzene rings is 2. The number of fused-ring (bicyclic) bond motifs is 1. The zero-order valence-corrected chi connectivity index (χ0v) is 20.1. The molecule has 2 aromatic carbocycles. The number of ketones is 1. The van der Waals surface area contributed by atoms with Gasteiger partial charge in [-0.1, -0.05) is 18.5 Å². The van der Waals surface area contributed by atoms with E-state index in [1.165, 1.54) is 13.3 Å². The van der Waals surface area contributed by atoms with Crippen LogP contribution in [0.25, 0.3) is 22.2 Å². The van der Waals surface area contributed by atoms with E-state index in [2.05, 4.69) is 19.9 Å². The van der Waals surface area contributed by atoms with Crippen molar-refractivity contribution in [2.75, 3.05) is 17.6 Å². The predicted octanol–water partition coefficient (Wildman–Crippen LogP) is 4.95. The molecule has 8 nitrogen and oxygen atoms in total. The first kappa shape index (κ1) is 24.6. The van der Waals surface area contributed by atoms with Gasteiger partial charge in [0.2, 0.25) is 15.8 Å². The maximum absolute atomic E-state index is 15.1. The van der Waals surface area contributed by atoms with E-state index in [4.69, 9.17) is 16.3 Å². The Morgan fingerprint density at radius 2 is 1.97 bits per heavy atom. The average Bonchev–Trinajstić information content (AvgIpc) is 3.24. The van der Waals surface area contributed by atoms with Crippen molar-refractivity contribution in [3.8, 4) is 16.9 Å². The Labute approximate surface area is 204 Å². The van der Waals surface area contributed by atoms with Crippen LogP contribution in [-0.4, -0.2) is 42.2 Å². The Balaban J connectivity index is 1.78. The van der Waals surface area contributed by atoms with Crippen molar-refractivity contribution in [3.63, 3.8) is 0 Å². The van der Waals surface area contributed by atoms with Gasteiger partial charge in [0.05, 0.1) is 34.5 Å². The molecule has 0 saturated heterocycles. The molecule has 0 radical (unpaired) electrons. The number of hydrogen-bond acceptors (Lipinski definition) is 6. The number of ether oxygens (including phenoxy) is 1. The van der Waals surface area contributed by atoms with E-state index >= 15 is 4.39 Å². The first-order valence-corrected chi connectivity index (χ1v) is 12.4. The number of nitrogens with zero attached hydrogens (tertiary/aromatic N) is 2.